The average Bonchev–Trinajstić information content (AvgIpc) is 2.91. The quantitative estimate of drug-likeness (QED) is 0.834. The number of hydrogen-bond donors (Lipinski definition) is 2. The molecule has 0 aliphatic heterocycles. The Morgan fingerprint density at radius 2 is 1.88 bits per heavy atom. The predicted molar refractivity (Wildman–Crippen MR) is 68.5 cm³/mol. The number of nitrogens with zero attached hydrogens (tertiary/aromatic N) is 1. The zero-order valence-corrected chi connectivity index (χ0v) is 10.6. The minimum atomic E-state index is 0.0271. The Balaban J connectivity index is 1.80. The van der Waals surface area contributed by atoms with Crippen LogP contribution in [0.15, 0.2) is 12.1 Å². The van der Waals surface area contributed by atoms with E-state index in [2.05, 4.69) is 10.7 Å². The number of aryl methyl sites for hydroxylation is 2. The van der Waals surface area contributed by atoms with Crippen LogP contribution in [0, 0.1) is 13.8 Å². The van der Waals surface area contributed by atoms with E-state index in [1.807, 2.05) is 30.7 Å². The molecule has 0 atom stereocenters. The summed E-state index contributed by atoms with van der Waals surface area (Å²) in [7, 11) is 0. The SMILES string of the molecule is Cc1ccc(C)n1NC(=O)CNC1CCCC1. The van der Waals surface area contributed by atoms with E-state index in [0.717, 1.165) is 11.4 Å². The molecule has 4 nitrogen and oxygen atoms in total. The number of carbonyl (C=O) groups excluding carboxylic acids is 1. The third-order valence-corrected chi connectivity index (χ3v) is 3.41. The zero-order valence-electron chi connectivity index (χ0n) is 10.6. The van der Waals surface area contributed by atoms with Gasteiger partial charge in [0.15, 0.2) is 0 Å². The molecule has 94 valence electrons. The van der Waals surface area contributed by atoms with Crippen LogP contribution in [0.2, 0.25) is 0 Å². The Hall–Kier alpha value is -1.29. The molecule has 0 aromatic carbocycles. The molecule has 0 radical (unpaired) electrons. The fourth-order valence-corrected chi connectivity index (χ4v) is 2.38. The topological polar surface area (TPSA) is 46.1 Å². The van der Waals surface area contributed by atoms with Crippen LogP contribution in [-0.2, 0) is 4.79 Å². The number of nitrogens with one attached hydrogen (secondary N) is 2. The van der Waals surface area contributed by atoms with Crippen LogP contribution in [0.5, 0.6) is 0 Å². The van der Waals surface area contributed by atoms with E-state index < -0.39 is 0 Å². The molecule has 2 rings (SSSR count). The lowest BCUT2D eigenvalue weighted by Crippen LogP contribution is -2.37. The van der Waals surface area contributed by atoms with E-state index in [9.17, 15) is 4.79 Å². The summed E-state index contributed by atoms with van der Waals surface area (Å²) in [6.45, 7) is 4.37. The number of carbonyl (C=O) groups is 1. The van der Waals surface area contributed by atoms with Crippen molar-refractivity contribution in [3.05, 3.63) is 23.5 Å². The second kappa shape index (κ2) is 5.36. The molecule has 1 amide bonds. The molecule has 4 heteroatoms. The smallest absolute Gasteiger partial charge is 0.252 e. The monoisotopic (exact) mass is 235 g/mol. The Bertz CT molecular complexity index is 372. The highest BCUT2D eigenvalue weighted by molar-refractivity contribution is 5.85. The highest BCUT2D eigenvalue weighted by Gasteiger charge is 2.15. The Morgan fingerprint density at radius 1 is 1.29 bits per heavy atom. The predicted octanol–water partition coefficient (Wildman–Crippen LogP) is 1.71. The lowest BCUT2D eigenvalue weighted by Gasteiger charge is -2.14. The molecule has 0 unspecified atom stereocenters. The highest BCUT2D eigenvalue weighted by atomic mass is 16.2. The van der Waals surface area contributed by atoms with Gasteiger partial charge in [0, 0.05) is 17.4 Å². The third-order valence-electron chi connectivity index (χ3n) is 3.41. The van der Waals surface area contributed by atoms with Crippen molar-refractivity contribution in [2.75, 3.05) is 12.0 Å². The molecule has 1 aromatic heterocycles. The van der Waals surface area contributed by atoms with E-state index >= 15 is 0 Å². The molecule has 1 fully saturated rings. The molecule has 1 aliphatic rings. The summed E-state index contributed by atoms with van der Waals surface area (Å²) in [5, 5.41) is 3.31. The summed E-state index contributed by atoms with van der Waals surface area (Å²) < 4.78 is 1.83. The van der Waals surface area contributed by atoms with Crippen LogP contribution in [0.3, 0.4) is 0 Å². The lowest BCUT2D eigenvalue weighted by molar-refractivity contribution is -0.116. The molecular weight excluding hydrogens is 214 g/mol. The molecule has 1 aliphatic carbocycles. The van der Waals surface area contributed by atoms with E-state index in [0.29, 0.717) is 12.6 Å². The minimum absolute atomic E-state index is 0.0271. The molecule has 0 spiro atoms. The van der Waals surface area contributed by atoms with Gasteiger partial charge in [-0.3, -0.25) is 14.9 Å². The van der Waals surface area contributed by atoms with Gasteiger partial charge in [0.25, 0.3) is 5.91 Å². The second-order valence-corrected chi connectivity index (χ2v) is 4.85. The maximum Gasteiger partial charge on any atom is 0.252 e. The van der Waals surface area contributed by atoms with Gasteiger partial charge in [-0.05, 0) is 38.8 Å². The lowest BCUT2D eigenvalue weighted by atomic mass is 10.2. The van der Waals surface area contributed by atoms with Crippen LogP contribution in [-0.4, -0.2) is 23.2 Å². The van der Waals surface area contributed by atoms with Crippen LogP contribution < -0.4 is 10.7 Å². The van der Waals surface area contributed by atoms with Crippen molar-refractivity contribution in [1.29, 1.82) is 0 Å². The van der Waals surface area contributed by atoms with Crippen molar-refractivity contribution < 1.29 is 4.79 Å². The largest absolute Gasteiger partial charge is 0.306 e. The molecule has 2 N–H and O–H groups in total. The van der Waals surface area contributed by atoms with Gasteiger partial charge < -0.3 is 5.32 Å². The fourth-order valence-electron chi connectivity index (χ4n) is 2.38. The summed E-state index contributed by atoms with van der Waals surface area (Å²) in [6.07, 6.45) is 4.98. The highest BCUT2D eigenvalue weighted by Crippen LogP contribution is 2.17. The van der Waals surface area contributed by atoms with Crippen LogP contribution in [0.1, 0.15) is 37.1 Å². The number of hydrogen-bond acceptors (Lipinski definition) is 2. The van der Waals surface area contributed by atoms with Gasteiger partial charge in [0.1, 0.15) is 0 Å². The first-order valence-corrected chi connectivity index (χ1v) is 6.35. The van der Waals surface area contributed by atoms with E-state index in [4.69, 9.17) is 0 Å². The number of rotatable bonds is 4. The zero-order chi connectivity index (χ0) is 12.3. The maximum atomic E-state index is 11.8. The van der Waals surface area contributed by atoms with Gasteiger partial charge in [-0.25, -0.2) is 0 Å². The average molecular weight is 235 g/mol. The Kier molecular flexibility index (Phi) is 3.84. The summed E-state index contributed by atoms with van der Waals surface area (Å²) in [5.74, 6) is 0.0271. The molecule has 1 saturated carbocycles. The van der Waals surface area contributed by atoms with E-state index in [-0.39, 0.29) is 5.91 Å². The van der Waals surface area contributed by atoms with Crippen LogP contribution in [0.4, 0.5) is 0 Å². The first kappa shape index (κ1) is 12.2. The molecule has 0 saturated heterocycles. The van der Waals surface area contributed by atoms with Crippen molar-refractivity contribution in [3.63, 3.8) is 0 Å². The molecule has 1 heterocycles. The summed E-state index contributed by atoms with van der Waals surface area (Å²) in [5.41, 5.74) is 5.00. The van der Waals surface area contributed by atoms with Gasteiger partial charge in [0.2, 0.25) is 0 Å². The van der Waals surface area contributed by atoms with Crippen molar-refractivity contribution in [2.24, 2.45) is 0 Å². The van der Waals surface area contributed by atoms with Crippen molar-refractivity contribution in [3.8, 4) is 0 Å². The maximum absolute atomic E-state index is 11.8. The van der Waals surface area contributed by atoms with Crippen molar-refractivity contribution in [1.82, 2.24) is 9.99 Å². The molecule has 1 aromatic rings. The van der Waals surface area contributed by atoms with Gasteiger partial charge in [-0.15, -0.1) is 0 Å². The summed E-state index contributed by atoms with van der Waals surface area (Å²) >= 11 is 0. The second-order valence-electron chi connectivity index (χ2n) is 4.85. The summed E-state index contributed by atoms with van der Waals surface area (Å²) in [4.78, 5) is 11.8. The normalized spacial score (nSPS) is 16.4. The fraction of sp³-hybridized carbons (Fsp3) is 0.615. The van der Waals surface area contributed by atoms with E-state index in [1.165, 1.54) is 25.7 Å². The third kappa shape index (κ3) is 3.09. The first-order chi connectivity index (χ1) is 8.16. The standard InChI is InChI=1S/C13H21N3O/c1-10-7-8-11(2)16(10)15-13(17)9-14-12-5-3-4-6-12/h7-8,12,14H,3-6,9H2,1-2H3,(H,15,17). The number of aromatic nitrogens is 1. The van der Waals surface area contributed by atoms with E-state index in [1.54, 1.807) is 0 Å². The molecule has 17 heavy (non-hydrogen) atoms. The Labute approximate surface area is 102 Å². The van der Waals surface area contributed by atoms with Crippen molar-refractivity contribution in [2.45, 2.75) is 45.6 Å². The summed E-state index contributed by atoms with van der Waals surface area (Å²) in [6, 6.07) is 4.53. The Morgan fingerprint density at radius 3 is 2.47 bits per heavy atom. The van der Waals surface area contributed by atoms with Crippen molar-refractivity contribution >= 4 is 5.91 Å². The van der Waals surface area contributed by atoms with Gasteiger partial charge in [-0.1, -0.05) is 12.8 Å². The molecule has 0 bridgehead atoms. The molecular formula is C13H21N3O. The van der Waals surface area contributed by atoms with Gasteiger partial charge >= 0.3 is 0 Å². The van der Waals surface area contributed by atoms with Gasteiger partial charge in [-0.2, -0.15) is 0 Å². The number of amides is 1. The van der Waals surface area contributed by atoms with Crippen LogP contribution in [0.25, 0.3) is 0 Å². The van der Waals surface area contributed by atoms with Gasteiger partial charge in [0.05, 0.1) is 6.54 Å². The minimum Gasteiger partial charge on any atom is -0.306 e. The van der Waals surface area contributed by atoms with Crippen LogP contribution >= 0.6 is 0 Å². The first-order valence-electron chi connectivity index (χ1n) is 6.35.